The largest absolute Gasteiger partial charge is 0.328 e. The molecule has 0 saturated carbocycles. The van der Waals surface area contributed by atoms with Gasteiger partial charge in [0.25, 0.3) is 5.91 Å². The first-order chi connectivity index (χ1) is 14.6. The van der Waals surface area contributed by atoms with Crippen LogP contribution in [0.1, 0.15) is 37.9 Å². The number of carbonyl (C=O) groups excluding carboxylic acids is 1. The Morgan fingerprint density at radius 1 is 1.13 bits per heavy atom. The van der Waals surface area contributed by atoms with E-state index in [1.54, 1.807) is 11.8 Å². The highest BCUT2D eigenvalue weighted by Crippen LogP contribution is 2.36. The summed E-state index contributed by atoms with van der Waals surface area (Å²) in [7, 11) is 0. The standard InChI is InChI=1S/C23H25N5OS/c1-4-16-11-13-18(14-12-16)25-21(29)19-15(3)24-22-26-23(30-5-2)27-28(22)20(19)17-9-7-6-8-10-17/h6-14,20H,4-5H2,1-3H3,(H,25,29)(H,24,26,27)/t20-/m0/s1. The van der Waals surface area contributed by atoms with E-state index >= 15 is 0 Å². The van der Waals surface area contributed by atoms with Gasteiger partial charge in [-0.15, -0.1) is 5.10 Å². The van der Waals surface area contributed by atoms with Gasteiger partial charge >= 0.3 is 0 Å². The van der Waals surface area contributed by atoms with Gasteiger partial charge in [-0.25, -0.2) is 4.68 Å². The number of aryl methyl sites for hydroxylation is 1. The summed E-state index contributed by atoms with van der Waals surface area (Å²) >= 11 is 1.58. The van der Waals surface area contributed by atoms with Gasteiger partial charge in [0, 0.05) is 11.4 Å². The van der Waals surface area contributed by atoms with Crippen molar-refractivity contribution in [1.29, 1.82) is 0 Å². The molecule has 1 aliphatic heterocycles. The van der Waals surface area contributed by atoms with E-state index in [1.807, 2.05) is 66.2 Å². The van der Waals surface area contributed by atoms with Gasteiger partial charge in [-0.2, -0.15) is 4.98 Å². The van der Waals surface area contributed by atoms with E-state index < -0.39 is 0 Å². The maximum atomic E-state index is 13.4. The predicted octanol–water partition coefficient (Wildman–Crippen LogP) is 4.88. The molecule has 0 radical (unpaired) electrons. The van der Waals surface area contributed by atoms with E-state index in [4.69, 9.17) is 0 Å². The van der Waals surface area contributed by atoms with Crippen LogP contribution in [0.4, 0.5) is 11.6 Å². The molecular weight excluding hydrogens is 394 g/mol. The van der Waals surface area contributed by atoms with Crippen LogP contribution in [0.2, 0.25) is 0 Å². The highest BCUT2D eigenvalue weighted by molar-refractivity contribution is 7.99. The van der Waals surface area contributed by atoms with Gasteiger partial charge in [0.2, 0.25) is 11.1 Å². The number of rotatable bonds is 6. The lowest BCUT2D eigenvalue weighted by atomic mass is 9.95. The maximum absolute atomic E-state index is 13.4. The molecule has 1 aromatic heterocycles. The third-order valence-corrected chi connectivity index (χ3v) is 5.81. The minimum atomic E-state index is -0.351. The predicted molar refractivity (Wildman–Crippen MR) is 122 cm³/mol. The van der Waals surface area contributed by atoms with Crippen molar-refractivity contribution in [2.45, 2.75) is 38.4 Å². The van der Waals surface area contributed by atoms with Crippen LogP contribution in [-0.4, -0.2) is 26.4 Å². The van der Waals surface area contributed by atoms with Crippen LogP contribution in [-0.2, 0) is 11.2 Å². The summed E-state index contributed by atoms with van der Waals surface area (Å²) in [4.78, 5) is 18.0. The number of nitrogens with zero attached hydrogens (tertiary/aromatic N) is 3. The van der Waals surface area contributed by atoms with Gasteiger partial charge in [0.15, 0.2) is 0 Å². The topological polar surface area (TPSA) is 71.8 Å². The van der Waals surface area contributed by atoms with Gasteiger partial charge < -0.3 is 10.6 Å². The van der Waals surface area contributed by atoms with Gasteiger partial charge in [-0.05, 0) is 42.4 Å². The molecule has 2 N–H and O–H groups in total. The lowest BCUT2D eigenvalue weighted by molar-refractivity contribution is -0.113. The Morgan fingerprint density at radius 3 is 2.53 bits per heavy atom. The fraction of sp³-hybridized carbons (Fsp3) is 0.261. The number of carbonyl (C=O) groups is 1. The Kier molecular flexibility index (Phi) is 5.90. The summed E-state index contributed by atoms with van der Waals surface area (Å²) in [5.74, 6) is 1.39. The minimum absolute atomic E-state index is 0.149. The number of benzene rings is 2. The minimum Gasteiger partial charge on any atom is -0.328 e. The maximum Gasteiger partial charge on any atom is 0.255 e. The van der Waals surface area contributed by atoms with Gasteiger partial charge in [-0.1, -0.05) is 68.1 Å². The van der Waals surface area contributed by atoms with Crippen LogP contribution in [0.15, 0.2) is 71.0 Å². The molecule has 154 valence electrons. The van der Waals surface area contributed by atoms with Crippen molar-refractivity contribution in [3.63, 3.8) is 0 Å². The van der Waals surface area contributed by atoms with Crippen LogP contribution >= 0.6 is 11.8 Å². The second-order valence-corrected chi connectivity index (χ2v) is 8.31. The molecule has 1 atom stereocenters. The molecule has 1 aliphatic rings. The molecular formula is C23H25N5OS. The Hall–Kier alpha value is -3.06. The average Bonchev–Trinajstić information content (AvgIpc) is 3.16. The van der Waals surface area contributed by atoms with E-state index in [-0.39, 0.29) is 11.9 Å². The number of allylic oxidation sites excluding steroid dienone is 1. The summed E-state index contributed by atoms with van der Waals surface area (Å²) in [5, 5.41) is 11.7. The van der Waals surface area contributed by atoms with E-state index in [2.05, 4.69) is 34.6 Å². The summed E-state index contributed by atoms with van der Waals surface area (Å²) in [6, 6.07) is 17.6. The molecule has 2 heterocycles. The van der Waals surface area contributed by atoms with Crippen molar-refractivity contribution in [1.82, 2.24) is 14.8 Å². The molecule has 3 aromatic rings. The second-order valence-electron chi connectivity index (χ2n) is 7.08. The van der Waals surface area contributed by atoms with Gasteiger partial charge in [-0.3, -0.25) is 4.79 Å². The van der Waals surface area contributed by atoms with Crippen molar-refractivity contribution < 1.29 is 4.79 Å². The Labute approximate surface area is 180 Å². The lowest BCUT2D eigenvalue weighted by Crippen LogP contribution is -2.31. The third-order valence-electron chi connectivity index (χ3n) is 5.09. The first-order valence-electron chi connectivity index (χ1n) is 10.1. The van der Waals surface area contributed by atoms with E-state index in [0.717, 1.165) is 29.1 Å². The van der Waals surface area contributed by atoms with E-state index in [0.29, 0.717) is 16.7 Å². The number of aromatic nitrogens is 3. The highest BCUT2D eigenvalue weighted by atomic mass is 32.2. The molecule has 0 spiro atoms. The average molecular weight is 420 g/mol. The van der Waals surface area contributed by atoms with Crippen LogP contribution in [0, 0.1) is 0 Å². The van der Waals surface area contributed by atoms with Crippen molar-refractivity contribution in [3.8, 4) is 0 Å². The van der Waals surface area contributed by atoms with Crippen molar-refractivity contribution in [3.05, 3.63) is 77.0 Å². The Balaban J connectivity index is 1.72. The number of hydrogen-bond acceptors (Lipinski definition) is 5. The monoisotopic (exact) mass is 419 g/mol. The van der Waals surface area contributed by atoms with Gasteiger partial charge in [0.1, 0.15) is 6.04 Å². The molecule has 0 bridgehead atoms. The van der Waals surface area contributed by atoms with Crippen LogP contribution < -0.4 is 10.6 Å². The van der Waals surface area contributed by atoms with Crippen LogP contribution in [0.25, 0.3) is 0 Å². The van der Waals surface area contributed by atoms with Crippen molar-refractivity contribution >= 4 is 29.3 Å². The summed E-state index contributed by atoms with van der Waals surface area (Å²) in [6.07, 6.45) is 0.964. The number of nitrogens with one attached hydrogen (secondary N) is 2. The Bertz CT molecular complexity index is 1070. The number of fused-ring (bicyclic) bond motifs is 1. The second kappa shape index (κ2) is 8.75. The lowest BCUT2D eigenvalue weighted by Gasteiger charge is -2.28. The Morgan fingerprint density at radius 2 is 1.87 bits per heavy atom. The normalized spacial score (nSPS) is 15.5. The number of amides is 1. The number of thioether (sulfide) groups is 1. The first-order valence-corrected chi connectivity index (χ1v) is 11.1. The molecule has 0 fully saturated rings. The molecule has 2 aromatic carbocycles. The van der Waals surface area contributed by atoms with Crippen molar-refractivity contribution in [2.75, 3.05) is 16.4 Å². The zero-order chi connectivity index (χ0) is 21.1. The van der Waals surface area contributed by atoms with Gasteiger partial charge in [0.05, 0.1) is 5.57 Å². The van der Waals surface area contributed by atoms with E-state index in [9.17, 15) is 4.79 Å². The SMILES string of the molecule is CCSc1nc2n(n1)[C@@H](c1ccccc1)C(C(=O)Nc1ccc(CC)cc1)=C(C)N2. The molecule has 1 amide bonds. The van der Waals surface area contributed by atoms with Crippen LogP contribution in [0.3, 0.4) is 0 Å². The molecule has 7 heteroatoms. The summed E-state index contributed by atoms with van der Waals surface area (Å²) in [6.45, 7) is 6.09. The highest BCUT2D eigenvalue weighted by Gasteiger charge is 2.34. The third kappa shape index (κ3) is 3.98. The summed E-state index contributed by atoms with van der Waals surface area (Å²) < 4.78 is 1.81. The molecule has 6 nitrogen and oxygen atoms in total. The van der Waals surface area contributed by atoms with Crippen molar-refractivity contribution in [2.24, 2.45) is 0 Å². The van der Waals surface area contributed by atoms with E-state index in [1.165, 1.54) is 5.56 Å². The zero-order valence-corrected chi connectivity index (χ0v) is 18.2. The number of anilines is 2. The first kappa shape index (κ1) is 20.2. The molecule has 0 aliphatic carbocycles. The molecule has 30 heavy (non-hydrogen) atoms. The fourth-order valence-corrected chi connectivity index (χ4v) is 4.14. The zero-order valence-electron chi connectivity index (χ0n) is 17.3. The molecule has 0 saturated heterocycles. The van der Waals surface area contributed by atoms with Crippen LogP contribution in [0.5, 0.6) is 0 Å². The quantitative estimate of drug-likeness (QED) is 0.557. The number of hydrogen-bond donors (Lipinski definition) is 2. The fourth-order valence-electron chi connectivity index (χ4n) is 3.58. The molecule has 0 unspecified atom stereocenters. The summed E-state index contributed by atoms with van der Waals surface area (Å²) in [5.41, 5.74) is 4.41. The molecule has 4 rings (SSSR count). The smallest absolute Gasteiger partial charge is 0.255 e.